The Morgan fingerprint density at radius 3 is 2.48 bits per heavy atom. The molecular weight excluding hydrogens is 308 g/mol. The summed E-state index contributed by atoms with van der Waals surface area (Å²) in [6.45, 7) is 0. The van der Waals surface area contributed by atoms with Crippen molar-refractivity contribution in [3.63, 3.8) is 0 Å². The molecule has 3 nitrogen and oxygen atoms in total. The highest BCUT2D eigenvalue weighted by molar-refractivity contribution is 6.20. The summed E-state index contributed by atoms with van der Waals surface area (Å²) < 4.78 is 5.56. The summed E-state index contributed by atoms with van der Waals surface area (Å²) in [6, 6.07) is 22.9. The van der Waals surface area contributed by atoms with Crippen LogP contribution >= 0.6 is 0 Å². The van der Waals surface area contributed by atoms with E-state index in [0.717, 1.165) is 38.6 Å². The molecule has 0 bridgehead atoms. The molecule has 3 heteroatoms. The van der Waals surface area contributed by atoms with Crippen molar-refractivity contribution >= 4 is 32.7 Å². The van der Waals surface area contributed by atoms with Gasteiger partial charge in [-0.15, -0.1) is 0 Å². The molecule has 5 rings (SSSR count). The Hall–Kier alpha value is -3.33. The monoisotopic (exact) mass is 324 g/mol. The molecule has 120 valence electrons. The van der Waals surface area contributed by atoms with E-state index in [-0.39, 0.29) is 0 Å². The number of para-hydroxylation sites is 1. The highest BCUT2D eigenvalue weighted by Crippen LogP contribution is 2.39. The van der Waals surface area contributed by atoms with Crippen LogP contribution in [0.4, 0.5) is 0 Å². The SMILES string of the molecule is COc1ccc(-c2ccccc2)c2c1ncc1c3ccccc3[nH]c12. The van der Waals surface area contributed by atoms with E-state index in [1.807, 2.05) is 24.4 Å². The summed E-state index contributed by atoms with van der Waals surface area (Å²) in [7, 11) is 1.69. The third-order valence-corrected chi connectivity index (χ3v) is 4.76. The number of hydrogen-bond donors (Lipinski definition) is 1. The number of nitrogens with zero attached hydrogens (tertiary/aromatic N) is 1. The van der Waals surface area contributed by atoms with E-state index in [2.05, 4.69) is 53.5 Å². The van der Waals surface area contributed by atoms with Crippen LogP contribution in [0.3, 0.4) is 0 Å². The smallest absolute Gasteiger partial charge is 0.145 e. The van der Waals surface area contributed by atoms with E-state index in [9.17, 15) is 0 Å². The molecule has 0 atom stereocenters. The van der Waals surface area contributed by atoms with E-state index in [1.165, 1.54) is 10.9 Å². The van der Waals surface area contributed by atoms with Gasteiger partial charge in [0.05, 0.1) is 12.6 Å². The highest BCUT2D eigenvalue weighted by atomic mass is 16.5. The van der Waals surface area contributed by atoms with Crippen molar-refractivity contribution in [3.05, 3.63) is 72.9 Å². The minimum atomic E-state index is 0.787. The number of methoxy groups -OCH3 is 1. The topological polar surface area (TPSA) is 37.9 Å². The first-order valence-electron chi connectivity index (χ1n) is 8.28. The maximum Gasteiger partial charge on any atom is 0.145 e. The van der Waals surface area contributed by atoms with Gasteiger partial charge in [0.25, 0.3) is 0 Å². The number of H-pyrrole nitrogens is 1. The van der Waals surface area contributed by atoms with Gasteiger partial charge in [0.15, 0.2) is 0 Å². The van der Waals surface area contributed by atoms with Gasteiger partial charge < -0.3 is 9.72 Å². The fraction of sp³-hybridized carbons (Fsp3) is 0.0455. The van der Waals surface area contributed by atoms with Gasteiger partial charge in [0, 0.05) is 27.9 Å². The van der Waals surface area contributed by atoms with Crippen LogP contribution < -0.4 is 4.74 Å². The van der Waals surface area contributed by atoms with E-state index in [1.54, 1.807) is 7.11 Å². The maximum atomic E-state index is 5.56. The van der Waals surface area contributed by atoms with Gasteiger partial charge in [0.2, 0.25) is 0 Å². The van der Waals surface area contributed by atoms with Crippen LogP contribution in [-0.2, 0) is 0 Å². The first-order chi connectivity index (χ1) is 12.4. The molecule has 3 aromatic carbocycles. The zero-order valence-electron chi connectivity index (χ0n) is 13.8. The molecule has 0 unspecified atom stereocenters. The second-order valence-corrected chi connectivity index (χ2v) is 6.12. The summed E-state index contributed by atoms with van der Waals surface area (Å²) in [5, 5.41) is 3.42. The fourth-order valence-corrected chi connectivity index (χ4v) is 3.60. The van der Waals surface area contributed by atoms with Crippen molar-refractivity contribution < 1.29 is 4.74 Å². The van der Waals surface area contributed by atoms with Crippen molar-refractivity contribution in [1.82, 2.24) is 9.97 Å². The normalized spacial score (nSPS) is 11.4. The van der Waals surface area contributed by atoms with Crippen molar-refractivity contribution in [1.29, 1.82) is 0 Å². The van der Waals surface area contributed by atoms with E-state index < -0.39 is 0 Å². The Morgan fingerprint density at radius 2 is 1.64 bits per heavy atom. The molecule has 2 aromatic heterocycles. The predicted molar refractivity (Wildman–Crippen MR) is 103 cm³/mol. The Kier molecular flexibility index (Phi) is 3.01. The molecule has 0 aliphatic carbocycles. The molecule has 0 saturated heterocycles. The largest absolute Gasteiger partial charge is 0.494 e. The standard InChI is InChI=1S/C22H16N2O/c1-25-19-12-11-15(14-7-3-2-4-8-14)20-21-17(13-23-22(19)20)16-9-5-6-10-18(16)24-21/h2-13,24H,1H3. The van der Waals surface area contributed by atoms with Crippen LogP contribution in [0.2, 0.25) is 0 Å². The molecular formula is C22H16N2O. The average molecular weight is 324 g/mol. The van der Waals surface area contributed by atoms with Crippen LogP contribution in [-0.4, -0.2) is 17.1 Å². The van der Waals surface area contributed by atoms with E-state index in [4.69, 9.17) is 9.72 Å². The van der Waals surface area contributed by atoms with Crippen LogP contribution in [0.5, 0.6) is 5.75 Å². The third kappa shape index (κ3) is 2.02. The molecule has 2 heterocycles. The second-order valence-electron chi connectivity index (χ2n) is 6.12. The number of hydrogen-bond acceptors (Lipinski definition) is 2. The lowest BCUT2D eigenvalue weighted by Gasteiger charge is -2.11. The van der Waals surface area contributed by atoms with Crippen molar-refractivity contribution in [2.45, 2.75) is 0 Å². The molecule has 0 aliphatic heterocycles. The average Bonchev–Trinajstić information content (AvgIpc) is 3.06. The van der Waals surface area contributed by atoms with E-state index >= 15 is 0 Å². The minimum absolute atomic E-state index is 0.787. The van der Waals surface area contributed by atoms with Gasteiger partial charge in [-0.25, -0.2) is 0 Å². The molecule has 0 aliphatic rings. The first-order valence-corrected chi connectivity index (χ1v) is 8.28. The number of nitrogens with one attached hydrogen (secondary N) is 1. The third-order valence-electron chi connectivity index (χ3n) is 4.76. The molecule has 25 heavy (non-hydrogen) atoms. The molecule has 1 N–H and O–H groups in total. The molecule has 5 aromatic rings. The molecule has 0 fully saturated rings. The number of fused-ring (bicyclic) bond motifs is 5. The Balaban J connectivity index is 2.01. The summed E-state index contributed by atoms with van der Waals surface area (Å²) in [4.78, 5) is 8.33. The molecule has 0 spiro atoms. The van der Waals surface area contributed by atoms with Gasteiger partial charge >= 0.3 is 0 Å². The van der Waals surface area contributed by atoms with Crippen LogP contribution in [0.1, 0.15) is 0 Å². The number of rotatable bonds is 2. The van der Waals surface area contributed by atoms with Crippen LogP contribution in [0, 0.1) is 0 Å². The fourth-order valence-electron chi connectivity index (χ4n) is 3.60. The number of aromatic amines is 1. The van der Waals surface area contributed by atoms with Gasteiger partial charge in [-0.2, -0.15) is 0 Å². The Bertz CT molecular complexity index is 1220. The van der Waals surface area contributed by atoms with Crippen molar-refractivity contribution in [2.75, 3.05) is 7.11 Å². The van der Waals surface area contributed by atoms with Crippen LogP contribution in [0.25, 0.3) is 43.8 Å². The minimum Gasteiger partial charge on any atom is -0.494 e. The summed E-state index contributed by atoms with van der Waals surface area (Å²) in [5.41, 5.74) is 5.42. The predicted octanol–water partition coefficient (Wildman–Crippen LogP) is 5.54. The highest BCUT2D eigenvalue weighted by Gasteiger charge is 2.15. The summed E-state index contributed by atoms with van der Waals surface area (Å²) in [5.74, 6) is 0.787. The Morgan fingerprint density at radius 1 is 0.840 bits per heavy atom. The molecule has 0 saturated carbocycles. The van der Waals surface area contributed by atoms with Gasteiger partial charge in [-0.3, -0.25) is 4.98 Å². The number of pyridine rings is 1. The van der Waals surface area contributed by atoms with Gasteiger partial charge in [-0.05, 0) is 29.3 Å². The second kappa shape index (κ2) is 5.35. The number of benzene rings is 3. The number of aromatic nitrogens is 2. The molecule has 0 amide bonds. The molecule has 0 radical (unpaired) electrons. The quantitative estimate of drug-likeness (QED) is 0.462. The van der Waals surface area contributed by atoms with Crippen LogP contribution in [0.15, 0.2) is 72.9 Å². The first kappa shape index (κ1) is 14.1. The lowest BCUT2D eigenvalue weighted by Crippen LogP contribution is -1.91. The zero-order chi connectivity index (χ0) is 16.8. The van der Waals surface area contributed by atoms with Crippen molar-refractivity contribution in [2.24, 2.45) is 0 Å². The lowest BCUT2D eigenvalue weighted by atomic mass is 9.98. The van der Waals surface area contributed by atoms with Gasteiger partial charge in [-0.1, -0.05) is 48.5 Å². The Labute approximate surface area is 144 Å². The van der Waals surface area contributed by atoms with Crippen molar-refractivity contribution in [3.8, 4) is 16.9 Å². The van der Waals surface area contributed by atoms with E-state index in [0.29, 0.717) is 0 Å². The maximum absolute atomic E-state index is 5.56. The lowest BCUT2D eigenvalue weighted by molar-refractivity contribution is 0.419. The summed E-state index contributed by atoms with van der Waals surface area (Å²) in [6.07, 6.45) is 1.94. The van der Waals surface area contributed by atoms with Gasteiger partial charge in [0.1, 0.15) is 11.3 Å². The zero-order valence-corrected chi connectivity index (χ0v) is 13.8. The number of ether oxygens (including phenoxy) is 1. The summed E-state index contributed by atoms with van der Waals surface area (Å²) >= 11 is 0.